The number of nitrogens with zero attached hydrogens (tertiary/aromatic N) is 1. The van der Waals surface area contributed by atoms with E-state index in [4.69, 9.17) is 0 Å². The van der Waals surface area contributed by atoms with Gasteiger partial charge in [0.25, 0.3) is 0 Å². The molecule has 2 fully saturated rings. The van der Waals surface area contributed by atoms with Gasteiger partial charge in [0.15, 0.2) is 0 Å². The van der Waals surface area contributed by atoms with Crippen molar-refractivity contribution < 1.29 is 4.79 Å². The first-order valence-corrected chi connectivity index (χ1v) is 7.13. The molecule has 1 unspecified atom stereocenters. The number of carbonyl (C=O) groups excluding carboxylic acids is 1. The number of allylic oxidation sites excluding steroid dienone is 3. The molecular weight excluding hydrogens is 224 g/mol. The van der Waals surface area contributed by atoms with Crippen LogP contribution in [0.15, 0.2) is 24.3 Å². The molecule has 2 heterocycles. The molecule has 0 spiro atoms. The zero-order chi connectivity index (χ0) is 12.8. The van der Waals surface area contributed by atoms with Crippen LogP contribution in [0.5, 0.6) is 0 Å². The van der Waals surface area contributed by atoms with Gasteiger partial charge < -0.3 is 10.2 Å². The summed E-state index contributed by atoms with van der Waals surface area (Å²) in [4.78, 5) is 13.9. The Morgan fingerprint density at radius 2 is 2.00 bits per heavy atom. The van der Waals surface area contributed by atoms with Crippen LogP contribution in [0.4, 0.5) is 0 Å². The van der Waals surface area contributed by atoms with E-state index in [-0.39, 0.29) is 5.91 Å². The Morgan fingerprint density at radius 3 is 2.61 bits per heavy atom. The molecule has 2 aliphatic heterocycles. The minimum atomic E-state index is 0.158. The van der Waals surface area contributed by atoms with E-state index in [0.717, 1.165) is 31.8 Å². The second-order valence-electron chi connectivity index (χ2n) is 5.25. The molecule has 18 heavy (non-hydrogen) atoms. The molecule has 0 aromatic heterocycles. The summed E-state index contributed by atoms with van der Waals surface area (Å²) in [6.45, 7) is 4.97. The Hall–Kier alpha value is -1.09. The van der Waals surface area contributed by atoms with Crippen molar-refractivity contribution in [3.05, 3.63) is 24.3 Å². The van der Waals surface area contributed by atoms with Crippen LogP contribution in [-0.2, 0) is 4.79 Å². The fraction of sp³-hybridized carbons (Fsp3) is 0.667. The lowest BCUT2D eigenvalue weighted by Crippen LogP contribution is -2.42. The Kier molecular flexibility index (Phi) is 5.00. The van der Waals surface area contributed by atoms with Crippen LogP contribution in [-0.4, -0.2) is 36.5 Å². The summed E-state index contributed by atoms with van der Waals surface area (Å²) in [5.41, 5.74) is 0. The molecule has 1 atom stereocenters. The third kappa shape index (κ3) is 3.45. The molecule has 1 amide bonds. The smallest absolute Gasteiger partial charge is 0.246 e. The van der Waals surface area contributed by atoms with Crippen molar-refractivity contribution in [1.82, 2.24) is 10.2 Å². The molecule has 100 valence electrons. The maximum absolute atomic E-state index is 11.9. The molecule has 0 aliphatic carbocycles. The van der Waals surface area contributed by atoms with E-state index < -0.39 is 0 Å². The minimum absolute atomic E-state index is 0.158. The highest BCUT2D eigenvalue weighted by Crippen LogP contribution is 2.25. The van der Waals surface area contributed by atoms with Crippen LogP contribution in [0.25, 0.3) is 0 Å². The van der Waals surface area contributed by atoms with Crippen molar-refractivity contribution in [2.75, 3.05) is 19.6 Å². The van der Waals surface area contributed by atoms with Crippen molar-refractivity contribution in [2.24, 2.45) is 5.92 Å². The van der Waals surface area contributed by atoms with Crippen molar-refractivity contribution in [3.63, 3.8) is 0 Å². The lowest BCUT2D eigenvalue weighted by Gasteiger charge is -2.34. The fourth-order valence-corrected chi connectivity index (χ4v) is 2.99. The van der Waals surface area contributed by atoms with E-state index in [2.05, 4.69) is 5.32 Å². The summed E-state index contributed by atoms with van der Waals surface area (Å²) < 4.78 is 0. The zero-order valence-corrected chi connectivity index (χ0v) is 11.3. The van der Waals surface area contributed by atoms with Gasteiger partial charge in [-0.05, 0) is 45.1 Å². The molecular formula is C15H24N2O. The summed E-state index contributed by atoms with van der Waals surface area (Å²) >= 11 is 0. The van der Waals surface area contributed by atoms with E-state index in [1.807, 2.05) is 30.1 Å². The number of hydrogen-bond acceptors (Lipinski definition) is 2. The van der Waals surface area contributed by atoms with Crippen molar-refractivity contribution in [3.8, 4) is 0 Å². The van der Waals surface area contributed by atoms with Gasteiger partial charge in [-0.3, -0.25) is 4.79 Å². The maximum atomic E-state index is 11.9. The predicted molar refractivity (Wildman–Crippen MR) is 74.3 cm³/mol. The number of hydrogen-bond donors (Lipinski definition) is 1. The number of piperidine rings is 1. The van der Waals surface area contributed by atoms with Gasteiger partial charge in [0.05, 0.1) is 0 Å². The summed E-state index contributed by atoms with van der Waals surface area (Å²) in [7, 11) is 0. The normalized spacial score (nSPS) is 26.5. The number of rotatable bonds is 3. The first-order valence-electron chi connectivity index (χ1n) is 7.13. The predicted octanol–water partition coefficient (Wildman–Crippen LogP) is 2.11. The molecule has 3 heteroatoms. The Balaban J connectivity index is 1.77. The highest BCUT2D eigenvalue weighted by Gasteiger charge is 2.29. The van der Waals surface area contributed by atoms with Gasteiger partial charge in [-0.1, -0.05) is 18.2 Å². The minimum Gasteiger partial charge on any atom is -0.339 e. The van der Waals surface area contributed by atoms with Crippen LogP contribution in [0.1, 0.15) is 32.6 Å². The Morgan fingerprint density at radius 1 is 1.22 bits per heavy atom. The van der Waals surface area contributed by atoms with Crippen LogP contribution < -0.4 is 5.32 Å². The fourth-order valence-electron chi connectivity index (χ4n) is 2.99. The zero-order valence-electron chi connectivity index (χ0n) is 11.3. The molecule has 1 N–H and O–H groups in total. The van der Waals surface area contributed by atoms with Crippen molar-refractivity contribution >= 4 is 5.91 Å². The SMILES string of the molecule is CC=CC=CC(=O)N1CCC(C2CCCN2)CC1. The van der Waals surface area contributed by atoms with Gasteiger partial charge in [0.2, 0.25) is 5.91 Å². The quantitative estimate of drug-likeness (QED) is 0.613. The lowest BCUT2D eigenvalue weighted by atomic mass is 9.88. The third-order valence-electron chi connectivity index (χ3n) is 4.06. The number of likely N-dealkylation sites (tertiary alicyclic amines) is 1. The molecule has 3 nitrogen and oxygen atoms in total. The van der Waals surface area contributed by atoms with Crippen molar-refractivity contribution in [1.29, 1.82) is 0 Å². The van der Waals surface area contributed by atoms with Crippen LogP contribution in [0, 0.1) is 5.92 Å². The average molecular weight is 248 g/mol. The van der Waals surface area contributed by atoms with E-state index in [0.29, 0.717) is 6.04 Å². The lowest BCUT2D eigenvalue weighted by molar-refractivity contribution is -0.127. The highest BCUT2D eigenvalue weighted by molar-refractivity contribution is 5.87. The summed E-state index contributed by atoms with van der Waals surface area (Å²) in [6.07, 6.45) is 12.3. The van der Waals surface area contributed by atoms with Crippen LogP contribution in [0.3, 0.4) is 0 Å². The van der Waals surface area contributed by atoms with Gasteiger partial charge in [-0.15, -0.1) is 0 Å². The third-order valence-corrected chi connectivity index (χ3v) is 4.06. The Bertz CT molecular complexity index is 321. The van der Waals surface area contributed by atoms with E-state index in [9.17, 15) is 4.79 Å². The second kappa shape index (κ2) is 6.74. The average Bonchev–Trinajstić information content (AvgIpc) is 2.93. The molecule has 0 radical (unpaired) electrons. The van der Waals surface area contributed by atoms with Gasteiger partial charge >= 0.3 is 0 Å². The molecule has 0 saturated carbocycles. The summed E-state index contributed by atoms with van der Waals surface area (Å²) in [5, 5.41) is 3.59. The molecule has 0 aromatic carbocycles. The van der Waals surface area contributed by atoms with E-state index in [1.165, 1.54) is 19.4 Å². The van der Waals surface area contributed by atoms with Crippen molar-refractivity contribution in [2.45, 2.75) is 38.6 Å². The highest BCUT2D eigenvalue weighted by atomic mass is 16.2. The number of nitrogens with one attached hydrogen (secondary N) is 1. The maximum Gasteiger partial charge on any atom is 0.246 e. The van der Waals surface area contributed by atoms with Gasteiger partial charge in [-0.25, -0.2) is 0 Å². The molecule has 0 bridgehead atoms. The van der Waals surface area contributed by atoms with E-state index >= 15 is 0 Å². The molecule has 0 aromatic rings. The van der Waals surface area contributed by atoms with E-state index in [1.54, 1.807) is 6.08 Å². The topological polar surface area (TPSA) is 32.3 Å². The van der Waals surface area contributed by atoms with Gasteiger partial charge in [0.1, 0.15) is 0 Å². The first-order chi connectivity index (χ1) is 8.81. The largest absolute Gasteiger partial charge is 0.339 e. The molecule has 2 aliphatic rings. The summed E-state index contributed by atoms with van der Waals surface area (Å²) in [5.74, 6) is 0.932. The Labute approximate surface area is 110 Å². The van der Waals surface area contributed by atoms with Crippen LogP contribution in [0.2, 0.25) is 0 Å². The van der Waals surface area contributed by atoms with Crippen LogP contribution >= 0.6 is 0 Å². The standard InChI is InChI=1S/C15H24N2O/c1-2-3-4-7-15(18)17-11-8-13(9-12-17)14-6-5-10-16-14/h2-4,7,13-14,16H,5-6,8-12H2,1H3. The number of amides is 1. The monoisotopic (exact) mass is 248 g/mol. The second-order valence-corrected chi connectivity index (χ2v) is 5.25. The van der Waals surface area contributed by atoms with Gasteiger partial charge in [0, 0.05) is 25.2 Å². The molecule has 2 saturated heterocycles. The summed E-state index contributed by atoms with van der Waals surface area (Å²) in [6, 6.07) is 0.709. The van der Waals surface area contributed by atoms with Gasteiger partial charge in [-0.2, -0.15) is 0 Å². The number of carbonyl (C=O) groups is 1. The first kappa shape index (κ1) is 13.3. The molecule has 2 rings (SSSR count).